The van der Waals surface area contributed by atoms with E-state index in [1.54, 1.807) is 25.1 Å². The van der Waals surface area contributed by atoms with Crippen LogP contribution in [0.5, 0.6) is 5.75 Å². The minimum atomic E-state index is -3.90. The quantitative estimate of drug-likeness (QED) is 0.570. The summed E-state index contributed by atoms with van der Waals surface area (Å²) in [5.41, 5.74) is 3.86. The lowest BCUT2D eigenvalue weighted by atomic mass is 9.90. The Hall–Kier alpha value is -2.97. The molecule has 33 heavy (non-hydrogen) atoms. The van der Waals surface area contributed by atoms with Gasteiger partial charge >= 0.3 is 0 Å². The van der Waals surface area contributed by atoms with Gasteiger partial charge in [0.1, 0.15) is 10.6 Å². The number of fused-ring (bicyclic) bond motifs is 1. The number of ether oxygens (including phenoxy) is 1. The van der Waals surface area contributed by atoms with Gasteiger partial charge in [0.15, 0.2) is 0 Å². The van der Waals surface area contributed by atoms with Gasteiger partial charge in [-0.05, 0) is 68.9 Å². The Labute approximate surface area is 194 Å². The van der Waals surface area contributed by atoms with Crippen molar-refractivity contribution in [1.29, 1.82) is 0 Å². The van der Waals surface area contributed by atoms with Crippen molar-refractivity contribution in [3.8, 4) is 17.0 Å². The second-order valence-corrected chi connectivity index (χ2v) is 9.94. The van der Waals surface area contributed by atoms with E-state index in [0.717, 1.165) is 42.4 Å². The molecule has 4 rings (SSSR count). The number of sulfonamides is 1. The number of aryl methyl sites for hydroxylation is 1. The largest absolute Gasteiger partial charge is 0.495 e. The number of nitrogens with zero attached hydrogens (tertiary/aromatic N) is 2. The molecular formula is C25H29N3O4S. The van der Waals surface area contributed by atoms with Crippen LogP contribution in [0.15, 0.2) is 58.2 Å². The molecule has 0 saturated heterocycles. The van der Waals surface area contributed by atoms with E-state index in [2.05, 4.69) is 9.82 Å². The summed E-state index contributed by atoms with van der Waals surface area (Å²) in [4.78, 5) is 12.8. The number of rotatable bonds is 7. The maximum atomic E-state index is 13.4. The summed E-state index contributed by atoms with van der Waals surface area (Å²) < 4.78 is 36.4. The predicted octanol–water partition coefficient (Wildman–Crippen LogP) is 3.86. The maximum absolute atomic E-state index is 13.4. The molecule has 2 aromatic carbocycles. The molecule has 0 spiro atoms. The van der Waals surface area contributed by atoms with Crippen molar-refractivity contribution >= 4 is 10.0 Å². The second-order valence-electron chi connectivity index (χ2n) is 8.25. The summed E-state index contributed by atoms with van der Waals surface area (Å²) in [6, 6.07) is 14.0. The summed E-state index contributed by atoms with van der Waals surface area (Å²) in [6.45, 7) is 4.14. The van der Waals surface area contributed by atoms with Crippen LogP contribution in [0.4, 0.5) is 0 Å². The van der Waals surface area contributed by atoms with E-state index < -0.39 is 16.1 Å². The lowest BCUT2D eigenvalue weighted by Gasteiger charge is -2.21. The van der Waals surface area contributed by atoms with Crippen LogP contribution in [0, 0.1) is 0 Å². The van der Waals surface area contributed by atoms with Gasteiger partial charge in [0.05, 0.1) is 12.8 Å². The first-order valence-corrected chi connectivity index (χ1v) is 12.7. The van der Waals surface area contributed by atoms with E-state index in [1.165, 1.54) is 11.8 Å². The lowest BCUT2D eigenvalue weighted by Crippen LogP contribution is -2.30. The van der Waals surface area contributed by atoms with E-state index in [4.69, 9.17) is 4.74 Å². The zero-order chi connectivity index (χ0) is 23.6. The van der Waals surface area contributed by atoms with E-state index in [1.807, 2.05) is 37.3 Å². The Morgan fingerprint density at radius 1 is 1.09 bits per heavy atom. The van der Waals surface area contributed by atoms with Gasteiger partial charge in [-0.25, -0.2) is 17.8 Å². The summed E-state index contributed by atoms with van der Waals surface area (Å²) in [5.74, 6) is 0.254. The van der Waals surface area contributed by atoms with Crippen molar-refractivity contribution in [2.45, 2.75) is 57.0 Å². The third-order valence-electron chi connectivity index (χ3n) is 6.12. The predicted molar refractivity (Wildman–Crippen MR) is 128 cm³/mol. The van der Waals surface area contributed by atoms with Gasteiger partial charge in [-0.3, -0.25) is 4.79 Å². The van der Waals surface area contributed by atoms with E-state index in [0.29, 0.717) is 17.8 Å². The fourth-order valence-electron chi connectivity index (χ4n) is 4.37. The molecule has 0 fully saturated rings. The fraction of sp³-hybridized carbons (Fsp3) is 0.360. The minimum Gasteiger partial charge on any atom is -0.495 e. The molecule has 1 atom stereocenters. The van der Waals surface area contributed by atoms with Crippen molar-refractivity contribution in [1.82, 2.24) is 14.5 Å². The van der Waals surface area contributed by atoms with Crippen LogP contribution in [0.1, 0.15) is 49.4 Å². The van der Waals surface area contributed by atoms with Crippen LogP contribution in [0.3, 0.4) is 0 Å². The monoisotopic (exact) mass is 467 g/mol. The van der Waals surface area contributed by atoms with Crippen LogP contribution in [-0.2, 0) is 29.4 Å². The molecule has 0 saturated carbocycles. The SMILES string of the molecule is CCn1nc(-c2ccc(OC)c(S(=O)(=O)N[C@@H](C)c3ccccc3)c2)c2c(c1=O)CCCC2. The third kappa shape index (κ3) is 4.58. The minimum absolute atomic E-state index is 0.0457. The Morgan fingerprint density at radius 3 is 2.45 bits per heavy atom. The van der Waals surface area contributed by atoms with Crippen LogP contribution >= 0.6 is 0 Å². The highest BCUT2D eigenvalue weighted by atomic mass is 32.2. The Bertz CT molecular complexity index is 1320. The molecule has 174 valence electrons. The fourth-order valence-corrected chi connectivity index (χ4v) is 5.80. The summed E-state index contributed by atoms with van der Waals surface area (Å²) in [5, 5.41) is 4.61. The van der Waals surface area contributed by atoms with E-state index >= 15 is 0 Å². The van der Waals surface area contributed by atoms with Crippen molar-refractivity contribution in [3.05, 3.63) is 75.6 Å². The van der Waals surface area contributed by atoms with Gasteiger partial charge in [-0.15, -0.1) is 0 Å². The lowest BCUT2D eigenvalue weighted by molar-refractivity contribution is 0.402. The van der Waals surface area contributed by atoms with Gasteiger partial charge in [0.25, 0.3) is 5.56 Å². The standard InChI is InChI=1S/C25H29N3O4S/c1-4-28-25(29)21-13-9-8-12-20(21)24(26-28)19-14-15-22(32-3)23(16-19)33(30,31)27-17(2)18-10-6-5-7-11-18/h5-7,10-11,14-17,27H,4,8-9,12-13H2,1-3H3/t17-/m0/s1. The molecule has 3 aromatic rings. The second kappa shape index (κ2) is 9.49. The van der Waals surface area contributed by atoms with Crippen LogP contribution in [0.2, 0.25) is 0 Å². The Morgan fingerprint density at radius 2 is 1.79 bits per heavy atom. The zero-order valence-electron chi connectivity index (χ0n) is 19.2. The molecule has 1 aliphatic rings. The normalized spacial score (nSPS) is 14.5. The molecule has 0 bridgehead atoms. The summed E-state index contributed by atoms with van der Waals surface area (Å²) >= 11 is 0. The van der Waals surface area contributed by atoms with Crippen molar-refractivity contribution in [3.63, 3.8) is 0 Å². The number of hydrogen-bond acceptors (Lipinski definition) is 5. The molecule has 0 unspecified atom stereocenters. The number of aromatic nitrogens is 2. The van der Waals surface area contributed by atoms with E-state index in [9.17, 15) is 13.2 Å². The molecule has 1 heterocycles. The van der Waals surface area contributed by atoms with Crippen molar-refractivity contribution in [2.24, 2.45) is 0 Å². The molecule has 1 aliphatic carbocycles. The highest BCUT2D eigenvalue weighted by Gasteiger charge is 2.26. The van der Waals surface area contributed by atoms with Crippen LogP contribution in [0.25, 0.3) is 11.3 Å². The molecule has 0 aliphatic heterocycles. The average molecular weight is 468 g/mol. The molecular weight excluding hydrogens is 438 g/mol. The Kier molecular flexibility index (Phi) is 6.67. The first-order chi connectivity index (χ1) is 15.9. The number of methoxy groups -OCH3 is 1. The molecule has 1 N–H and O–H groups in total. The first-order valence-electron chi connectivity index (χ1n) is 11.2. The molecule has 8 heteroatoms. The molecule has 0 radical (unpaired) electrons. The van der Waals surface area contributed by atoms with Gasteiger partial charge in [0, 0.05) is 23.7 Å². The van der Waals surface area contributed by atoms with Gasteiger partial charge < -0.3 is 4.74 Å². The summed E-state index contributed by atoms with van der Waals surface area (Å²) in [6.07, 6.45) is 3.43. The first kappa shape index (κ1) is 23.2. The topological polar surface area (TPSA) is 90.3 Å². The van der Waals surface area contributed by atoms with Crippen molar-refractivity contribution in [2.75, 3.05) is 7.11 Å². The van der Waals surface area contributed by atoms with E-state index in [-0.39, 0.29) is 16.2 Å². The van der Waals surface area contributed by atoms with Gasteiger partial charge in [-0.2, -0.15) is 5.10 Å². The van der Waals surface area contributed by atoms with Crippen molar-refractivity contribution < 1.29 is 13.2 Å². The smallest absolute Gasteiger partial charge is 0.270 e. The zero-order valence-corrected chi connectivity index (χ0v) is 20.0. The number of hydrogen-bond donors (Lipinski definition) is 1. The third-order valence-corrected chi connectivity index (χ3v) is 7.69. The van der Waals surface area contributed by atoms with Crippen LogP contribution < -0.4 is 15.0 Å². The van der Waals surface area contributed by atoms with Gasteiger partial charge in [0.2, 0.25) is 10.0 Å². The molecule has 7 nitrogen and oxygen atoms in total. The molecule has 1 aromatic heterocycles. The Balaban J connectivity index is 1.81. The van der Waals surface area contributed by atoms with Gasteiger partial charge in [-0.1, -0.05) is 30.3 Å². The number of benzene rings is 2. The highest BCUT2D eigenvalue weighted by molar-refractivity contribution is 7.89. The van der Waals surface area contributed by atoms with Crippen LogP contribution in [-0.4, -0.2) is 25.3 Å². The average Bonchev–Trinajstić information content (AvgIpc) is 2.84. The molecule has 0 amide bonds. The summed E-state index contributed by atoms with van der Waals surface area (Å²) in [7, 11) is -2.45. The maximum Gasteiger partial charge on any atom is 0.270 e. The number of nitrogens with one attached hydrogen (secondary N) is 1. The highest BCUT2D eigenvalue weighted by Crippen LogP contribution is 2.33.